The van der Waals surface area contributed by atoms with E-state index in [1.54, 1.807) is 24.3 Å². The Hall–Kier alpha value is -2.30. The molecule has 0 radical (unpaired) electrons. The van der Waals surface area contributed by atoms with Crippen molar-refractivity contribution in [2.75, 3.05) is 13.2 Å². The van der Waals surface area contributed by atoms with Crippen molar-refractivity contribution in [2.24, 2.45) is 5.92 Å². The molecule has 0 bridgehead atoms. The molecule has 0 fully saturated rings. The Morgan fingerprint density at radius 1 is 1.25 bits per heavy atom. The van der Waals surface area contributed by atoms with Gasteiger partial charge in [-0.3, -0.25) is 4.79 Å². The lowest BCUT2D eigenvalue weighted by Crippen LogP contribution is -2.33. The van der Waals surface area contributed by atoms with Gasteiger partial charge in [-0.2, -0.15) is 0 Å². The van der Waals surface area contributed by atoms with E-state index >= 15 is 0 Å². The summed E-state index contributed by atoms with van der Waals surface area (Å²) < 4.78 is 10.6. The van der Waals surface area contributed by atoms with Gasteiger partial charge < -0.3 is 14.5 Å². The first-order chi connectivity index (χ1) is 11.6. The van der Waals surface area contributed by atoms with Crippen LogP contribution in [0.5, 0.6) is 5.75 Å². The summed E-state index contributed by atoms with van der Waals surface area (Å²) in [4.78, 5) is 23.2. The summed E-state index contributed by atoms with van der Waals surface area (Å²) in [6.07, 6.45) is 4.56. The lowest BCUT2D eigenvalue weighted by atomic mass is 9.99. The minimum atomic E-state index is -0.407. The van der Waals surface area contributed by atoms with Crippen LogP contribution in [-0.4, -0.2) is 19.1 Å². The van der Waals surface area contributed by atoms with Gasteiger partial charge in [-0.05, 0) is 30.5 Å². The second-order valence-electron chi connectivity index (χ2n) is 5.96. The number of unbranched alkanes of at least 4 members (excludes halogenated alkanes) is 1. The second kappa shape index (κ2) is 9.11. The molecule has 0 saturated heterocycles. The monoisotopic (exact) mass is 331 g/mol. The Balaban J connectivity index is 1.84. The fourth-order valence-corrected chi connectivity index (χ4v) is 2.53. The Morgan fingerprint density at radius 2 is 2.04 bits per heavy atom. The Labute approximate surface area is 142 Å². The molecule has 1 heterocycles. The number of fused-ring (bicyclic) bond motifs is 1. The molecule has 5 heteroatoms. The zero-order valence-electron chi connectivity index (χ0n) is 14.3. The standard InChI is InChI=1S/C19H25NO4/c1-3-5-6-14(4-2)12-20-18(21)13-23-16-9-7-15-8-10-19(22)24-17(15)11-16/h7-11,14H,3-6,12-13H2,1-2H3,(H,20,21)/t14-/m1/s1. The predicted molar refractivity (Wildman–Crippen MR) is 94.3 cm³/mol. The third kappa shape index (κ3) is 5.41. The van der Waals surface area contributed by atoms with Gasteiger partial charge in [-0.1, -0.05) is 33.1 Å². The van der Waals surface area contributed by atoms with Crippen LogP contribution in [0.15, 0.2) is 39.5 Å². The third-order valence-electron chi connectivity index (χ3n) is 4.10. The summed E-state index contributed by atoms with van der Waals surface area (Å²) in [5, 5.41) is 3.73. The fourth-order valence-electron chi connectivity index (χ4n) is 2.53. The number of benzene rings is 1. The lowest BCUT2D eigenvalue weighted by molar-refractivity contribution is -0.123. The van der Waals surface area contributed by atoms with Gasteiger partial charge in [0, 0.05) is 24.1 Å². The van der Waals surface area contributed by atoms with Crippen molar-refractivity contribution in [3.05, 3.63) is 40.8 Å². The number of rotatable bonds is 9. The molecule has 1 aromatic carbocycles. The molecule has 130 valence electrons. The van der Waals surface area contributed by atoms with Crippen LogP contribution < -0.4 is 15.7 Å². The largest absolute Gasteiger partial charge is 0.484 e. The number of carbonyl (C=O) groups is 1. The molecule has 0 aliphatic heterocycles. The highest BCUT2D eigenvalue weighted by Crippen LogP contribution is 2.19. The first-order valence-corrected chi connectivity index (χ1v) is 8.55. The van der Waals surface area contributed by atoms with Crippen LogP contribution in [0, 0.1) is 5.92 Å². The maximum absolute atomic E-state index is 11.9. The number of nitrogens with one attached hydrogen (secondary N) is 1. The maximum atomic E-state index is 11.9. The van der Waals surface area contributed by atoms with Crippen LogP contribution in [0.3, 0.4) is 0 Å². The first-order valence-electron chi connectivity index (χ1n) is 8.55. The molecule has 5 nitrogen and oxygen atoms in total. The van der Waals surface area contributed by atoms with E-state index < -0.39 is 5.63 Å². The summed E-state index contributed by atoms with van der Waals surface area (Å²) in [5.41, 5.74) is 0.0427. The van der Waals surface area contributed by atoms with Crippen molar-refractivity contribution in [2.45, 2.75) is 39.5 Å². The minimum absolute atomic E-state index is 0.0488. The van der Waals surface area contributed by atoms with E-state index in [9.17, 15) is 9.59 Å². The van der Waals surface area contributed by atoms with E-state index in [1.807, 2.05) is 0 Å². The molecule has 0 saturated carbocycles. The van der Waals surface area contributed by atoms with Crippen molar-refractivity contribution in [1.82, 2.24) is 5.32 Å². The van der Waals surface area contributed by atoms with Crippen molar-refractivity contribution >= 4 is 16.9 Å². The van der Waals surface area contributed by atoms with Crippen LogP contribution in [0.2, 0.25) is 0 Å². The van der Waals surface area contributed by atoms with E-state index in [2.05, 4.69) is 19.2 Å². The highest BCUT2D eigenvalue weighted by molar-refractivity contribution is 5.79. The van der Waals surface area contributed by atoms with Crippen LogP contribution in [0.4, 0.5) is 0 Å². The van der Waals surface area contributed by atoms with E-state index in [0.29, 0.717) is 23.8 Å². The molecule has 1 N–H and O–H groups in total. The van der Waals surface area contributed by atoms with Gasteiger partial charge in [0.05, 0.1) is 0 Å². The first kappa shape index (κ1) is 18.0. The van der Waals surface area contributed by atoms with Gasteiger partial charge >= 0.3 is 5.63 Å². The highest BCUT2D eigenvalue weighted by atomic mass is 16.5. The quantitative estimate of drug-likeness (QED) is 0.714. The predicted octanol–water partition coefficient (Wildman–Crippen LogP) is 3.50. The van der Waals surface area contributed by atoms with Crippen molar-refractivity contribution in [1.29, 1.82) is 0 Å². The molecule has 2 rings (SSSR count). The minimum Gasteiger partial charge on any atom is -0.484 e. The molecule has 1 amide bonds. The Bertz CT molecular complexity index is 723. The molecule has 0 unspecified atom stereocenters. The Kier molecular flexibility index (Phi) is 6.85. The topological polar surface area (TPSA) is 68.5 Å². The normalized spacial score (nSPS) is 12.1. The number of hydrogen-bond donors (Lipinski definition) is 1. The van der Waals surface area contributed by atoms with Gasteiger partial charge in [0.25, 0.3) is 5.91 Å². The summed E-state index contributed by atoms with van der Waals surface area (Å²) in [6, 6.07) is 8.24. The number of amides is 1. The molecular weight excluding hydrogens is 306 g/mol. The zero-order chi connectivity index (χ0) is 17.4. The molecule has 0 spiro atoms. The Morgan fingerprint density at radius 3 is 2.79 bits per heavy atom. The van der Waals surface area contributed by atoms with Crippen molar-refractivity contribution in [3.8, 4) is 5.75 Å². The van der Waals surface area contributed by atoms with Gasteiger partial charge in [0.2, 0.25) is 0 Å². The lowest BCUT2D eigenvalue weighted by Gasteiger charge is -2.15. The second-order valence-corrected chi connectivity index (χ2v) is 5.96. The van der Waals surface area contributed by atoms with E-state index in [-0.39, 0.29) is 12.5 Å². The molecule has 0 aliphatic carbocycles. The summed E-state index contributed by atoms with van der Waals surface area (Å²) in [6.45, 7) is 4.95. The average molecular weight is 331 g/mol. The SMILES string of the molecule is CCCC[C@@H](CC)CNC(=O)COc1ccc2ccc(=O)oc2c1. The summed E-state index contributed by atoms with van der Waals surface area (Å²) in [5.74, 6) is 0.883. The molecule has 2 aromatic rings. The number of carbonyl (C=O) groups excluding carboxylic acids is 1. The van der Waals surface area contributed by atoms with Crippen LogP contribution in [0.25, 0.3) is 11.0 Å². The van der Waals surface area contributed by atoms with Gasteiger partial charge in [0.15, 0.2) is 6.61 Å². The van der Waals surface area contributed by atoms with Crippen LogP contribution in [-0.2, 0) is 4.79 Å². The number of hydrogen-bond acceptors (Lipinski definition) is 4. The molecule has 1 aromatic heterocycles. The van der Waals surface area contributed by atoms with E-state index in [4.69, 9.17) is 9.15 Å². The number of ether oxygens (including phenoxy) is 1. The summed E-state index contributed by atoms with van der Waals surface area (Å²) in [7, 11) is 0. The van der Waals surface area contributed by atoms with Crippen LogP contribution in [0.1, 0.15) is 39.5 Å². The average Bonchev–Trinajstić information content (AvgIpc) is 2.59. The van der Waals surface area contributed by atoms with Crippen LogP contribution >= 0.6 is 0 Å². The fraction of sp³-hybridized carbons (Fsp3) is 0.474. The third-order valence-corrected chi connectivity index (χ3v) is 4.10. The zero-order valence-corrected chi connectivity index (χ0v) is 14.3. The van der Waals surface area contributed by atoms with E-state index in [1.165, 1.54) is 18.9 Å². The molecule has 1 atom stereocenters. The van der Waals surface area contributed by atoms with Gasteiger partial charge in [-0.25, -0.2) is 4.79 Å². The van der Waals surface area contributed by atoms with Gasteiger partial charge in [0.1, 0.15) is 11.3 Å². The van der Waals surface area contributed by atoms with E-state index in [0.717, 1.165) is 18.2 Å². The van der Waals surface area contributed by atoms with Gasteiger partial charge in [-0.15, -0.1) is 0 Å². The van der Waals surface area contributed by atoms with Crippen molar-refractivity contribution in [3.63, 3.8) is 0 Å². The smallest absolute Gasteiger partial charge is 0.336 e. The maximum Gasteiger partial charge on any atom is 0.336 e. The summed E-state index contributed by atoms with van der Waals surface area (Å²) >= 11 is 0. The molecule has 0 aliphatic rings. The molecule has 24 heavy (non-hydrogen) atoms. The molecular formula is C19H25NO4. The highest BCUT2D eigenvalue weighted by Gasteiger charge is 2.09. The van der Waals surface area contributed by atoms with Crippen molar-refractivity contribution < 1.29 is 13.9 Å².